The van der Waals surface area contributed by atoms with Crippen LogP contribution in [0, 0.1) is 0 Å². The standard InChI is InChI=1S/C4H3N2.3C4H9.Sn/c1-2-6-4-3-5-1;3*1-4(2)3;/h1-3H;3*1-3H3;. The van der Waals surface area contributed by atoms with E-state index in [1.807, 2.05) is 12.4 Å². The van der Waals surface area contributed by atoms with Gasteiger partial charge in [-0.2, -0.15) is 0 Å². The normalized spacial score (nSPS) is 14.6. The van der Waals surface area contributed by atoms with E-state index in [9.17, 15) is 0 Å². The van der Waals surface area contributed by atoms with Crippen LogP contribution in [-0.4, -0.2) is 28.3 Å². The molecule has 0 aliphatic carbocycles. The van der Waals surface area contributed by atoms with Crippen molar-refractivity contribution in [1.29, 1.82) is 0 Å². The Morgan fingerprint density at radius 1 is 0.737 bits per heavy atom. The zero-order valence-electron chi connectivity index (χ0n) is 14.1. The van der Waals surface area contributed by atoms with E-state index in [2.05, 4.69) is 67.3 Å². The summed E-state index contributed by atoms with van der Waals surface area (Å²) < 4.78 is 2.19. The Morgan fingerprint density at radius 2 is 1.16 bits per heavy atom. The summed E-state index contributed by atoms with van der Waals surface area (Å²) in [7, 11) is 0. The molecule has 2 nitrogen and oxygen atoms in total. The topological polar surface area (TPSA) is 25.8 Å². The Bertz CT molecular complexity index is 383. The van der Waals surface area contributed by atoms with Gasteiger partial charge in [0.2, 0.25) is 0 Å². The van der Waals surface area contributed by atoms with E-state index in [1.54, 1.807) is 6.20 Å². The fraction of sp³-hybridized carbons (Fsp3) is 0.750. The molecule has 3 heteroatoms. The van der Waals surface area contributed by atoms with E-state index < -0.39 is 18.4 Å². The average Bonchev–Trinajstić information content (AvgIpc) is 2.12. The van der Waals surface area contributed by atoms with Crippen LogP contribution in [0.3, 0.4) is 0 Å². The summed E-state index contributed by atoms with van der Waals surface area (Å²) in [5, 5.41) is 0. The van der Waals surface area contributed by atoms with E-state index in [1.165, 1.54) is 3.71 Å². The summed E-state index contributed by atoms with van der Waals surface area (Å²) in [6.45, 7) is 21.7. The van der Waals surface area contributed by atoms with Gasteiger partial charge in [0.05, 0.1) is 0 Å². The van der Waals surface area contributed by atoms with Crippen molar-refractivity contribution in [3.8, 4) is 0 Å². The number of hydrogen-bond donors (Lipinski definition) is 0. The van der Waals surface area contributed by atoms with Crippen molar-refractivity contribution >= 4 is 22.1 Å². The van der Waals surface area contributed by atoms with Crippen LogP contribution in [0.5, 0.6) is 0 Å². The van der Waals surface area contributed by atoms with E-state index in [0.717, 1.165) is 0 Å². The zero-order valence-corrected chi connectivity index (χ0v) is 17.0. The maximum absolute atomic E-state index is 4.78. The molecule has 1 rings (SSSR count). The SMILES string of the molecule is C[C](C)(C)[Sn]([c]1cnccn1)([C](C)(C)C)[C](C)(C)C. The second-order valence-electron chi connectivity index (χ2n) is 8.59. The second-order valence-corrected chi connectivity index (χ2v) is 27.2. The van der Waals surface area contributed by atoms with Gasteiger partial charge in [-0.3, -0.25) is 0 Å². The molecule has 0 saturated heterocycles. The molecule has 0 amide bonds. The first-order valence-electron chi connectivity index (χ1n) is 7.12. The average molecular weight is 369 g/mol. The molecule has 0 spiro atoms. The quantitative estimate of drug-likeness (QED) is 0.680. The molecular weight excluding hydrogens is 339 g/mol. The van der Waals surface area contributed by atoms with Crippen LogP contribution in [0.2, 0.25) is 10.3 Å². The minimum atomic E-state index is -2.91. The Balaban J connectivity index is 3.76. The van der Waals surface area contributed by atoms with E-state index >= 15 is 0 Å². The van der Waals surface area contributed by atoms with Crippen LogP contribution < -0.4 is 3.71 Å². The first-order valence-corrected chi connectivity index (χ1v) is 12.8. The molecule has 19 heavy (non-hydrogen) atoms. The molecule has 0 fully saturated rings. The molecule has 0 aliphatic rings. The first kappa shape index (κ1) is 16.9. The maximum atomic E-state index is 4.78. The third-order valence-corrected chi connectivity index (χ3v) is 26.5. The van der Waals surface area contributed by atoms with Crippen molar-refractivity contribution in [2.45, 2.75) is 72.6 Å². The van der Waals surface area contributed by atoms with Gasteiger partial charge in [-0.15, -0.1) is 0 Å². The summed E-state index contributed by atoms with van der Waals surface area (Å²) in [6, 6.07) is 0. The van der Waals surface area contributed by atoms with Gasteiger partial charge in [-0.05, 0) is 0 Å². The van der Waals surface area contributed by atoms with Gasteiger partial charge in [0.15, 0.2) is 0 Å². The minimum absolute atomic E-state index is 0.293. The van der Waals surface area contributed by atoms with Crippen molar-refractivity contribution < 1.29 is 0 Å². The zero-order chi connectivity index (χ0) is 15.1. The molecule has 0 radical (unpaired) electrons. The summed E-state index contributed by atoms with van der Waals surface area (Å²) in [4.78, 5) is 9.16. The van der Waals surface area contributed by atoms with Crippen molar-refractivity contribution in [2.75, 3.05) is 0 Å². The van der Waals surface area contributed by atoms with Gasteiger partial charge in [0, 0.05) is 0 Å². The molecule has 0 atom stereocenters. The molecule has 1 aromatic heterocycles. The molecule has 0 saturated carbocycles. The van der Waals surface area contributed by atoms with Crippen molar-refractivity contribution in [3.63, 3.8) is 0 Å². The third kappa shape index (κ3) is 2.70. The van der Waals surface area contributed by atoms with Crippen LogP contribution in [0.15, 0.2) is 18.6 Å². The molecule has 0 unspecified atom stereocenters. The predicted molar refractivity (Wildman–Crippen MR) is 86.6 cm³/mol. The number of aromatic nitrogens is 2. The molecule has 108 valence electrons. The van der Waals surface area contributed by atoms with Gasteiger partial charge >= 0.3 is 123 Å². The van der Waals surface area contributed by atoms with Crippen LogP contribution in [0.25, 0.3) is 0 Å². The first-order chi connectivity index (χ1) is 8.36. The summed E-state index contributed by atoms with van der Waals surface area (Å²) in [5.41, 5.74) is 0. The van der Waals surface area contributed by atoms with Gasteiger partial charge in [-0.25, -0.2) is 0 Å². The molecule has 0 aromatic carbocycles. The molecule has 0 N–H and O–H groups in total. The number of hydrogen-bond acceptors (Lipinski definition) is 2. The van der Waals surface area contributed by atoms with Crippen LogP contribution in [0.4, 0.5) is 0 Å². The van der Waals surface area contributed by atoms with Gasteiger partial charge in [-0.1, -0.05) is 0 Å². The fourth-order valence-electron chi connectivity index (χ4n) is 5.02. The van der Waals surface area contributed by atoms with Gasteiger partial charge in [0.25, 0.3) is 0 Å². The fourth-order valence-corrected chi connectivity index (χ4v) is 32.4. The Hall–Kier alpha value is -0.121. The van der Waals surface area contributed by atoms with Crippen LogP contribution in [-0.2, 0) is 0 Å². The summed E-state index contributed by atoms with van der Waals surface area (Å²) >= 11 is -2.91. The summed E-state index contributed by atoms with van der Waals surface area (Å²) in [6.07, 6.45) is 5.69. The van der Waals surface area contributed by atoms with Gasteiger partial charge in [0.1, 0.15) is 0 Å². The molecule has 0 bridgehead atoms. The van der Waals surface area contributed by atoms with Crippen molar-refractivity contribution in [3.05, 3.63) is 18.6 Å². The molecular formula is C16H30N2Sn. The van der Waals surface area contributed by atoms with Crippen LogP contribution in [0.1, 0.15) is 62.3 Å². The van der Waals surface area contributed by atoms with Crippen molar-refractivity contribution in [1.82, 2.24) is 9.97 Å². The summed E-state index contributed by atoms with van der Waals surface area (Å²) in [5.74, 6) is 0. The Kier molecular flexibility index (Phi) is 4.47. The van der Waals surface area contributed by atoms with Gasteiger partial charge < -0.3 is 0 Å². The third-order valence-electron chi connectivity index (χ3n) is 4.32. The number of nitrogens with zero attached hydrogens (tertiary/aromatic N) is 2. The predicted octanol–water partition coefficient (Wildman–Crippen LogP) is 4.53. The Morgan fingerprint density at radius 3 is 1.42 bits per heavy atom. The van der Waals surface area contributed by atoms with Crippen LogP contribution >= 0.6 is 0 Å². The monoisotopic (exact) mass is 370 g/mol. The number of rotatable bonds is 1. The van der Waals surface area contributed by atoms with E-state index in [0.29, 0.717) is 10.3 Å². The second kappa shape index (κ2) is 5.01. The molecule has 1 aromatic rings. The van der Waals surface area contributed by atoms with E-state index in [4.69, 9.17) is 4.98 Å². The molecule has 0 aliphatic heterocycles. The van der Waals surface area contributed by atoms with Crippen molar-refractivity contribution in [2.24, 2.45) is 0 Å². The Labute approximate surface area is 123 Å². The molecule has 1 heterocycles. The van der Waals surface area contributed by atoms with E-state index in [-0.39, 0.29) is 0 Å².